The van der Waals surface area contributed by atoms with Gasteiger partial charge in [-0.1, -0.05) is 25.1 Å². The van der Waals surface area contributed by atoms with E-state index in [2.05, 4.69) is 9.71 Å². The molecule has 1 aromatic heterocycles. The number of carbonyl (C=O) groups is 1. The van der Waals surface area contributed by atoms with Crippen molar-refractivity contribution in [1.29, 1.82) is 0 Å². The van der Waals surface area contributed by atoms with Crippen molar-refractivity contribution >= 4 is 21.7 Å². The Hall–Kier alpha value is -2.28. The van der Waals surface area contributed by atoms with Gasteiger partial charge < -0.3 is 9.72 Å². The van der Waals surface area contributed by atoms with Gasteiger partial charge in [0.2, 0.25) is 0 Å². The molecule has 0 aliphatic rings. The Kier molecular flexibility index (Phi) is 5.57. The first-order chi connectivity index (χ1) is 11.7. The summed E-state index contributed by atoms with van der Waals surface area (Å²) in [4.78, 5) is 15.1. The molecule has 0 bridgehead atoms. The summed E-state index contributed by atoms with van der Waals surface area (Å²) in [6.07, 6.45) is 0.690. The lowest BCUT2D eigenvalue weighted by Crippen LogP contribution is -2.19. The Labute approximate surface area is 148 Å². The molecule has 0 spiro atoms. The molecule has 2 rings (SSSR count). The molecule has 0 unspecified atom stereocenters. The fraction of sp³-hybridized carbons (Fsp3) is 0.389. The SMILES string of the molecule is CCOC(=O)c1c(C)[nH]c(C)c1S(=O)(=O)Nc1c(C)cccc1CC. The van der Waals surface area contributed by atoms with Gasteiger partial charge in [-0.15, -0.1) is 0 Å². The first-order valence-corrected chi connectivity index (χ1v) is 9.68. The number of aromatic nitrogens is 1. The third-order valence-corrected chi connectivity index (χ3v) is 5.56. The van der Waals surface area contributed by atoms with E-state index in [1.165, 1.54) is 0 Å². The predicted molar refractivity (Wildman–Crippen MR) is 97.6 cm³/mol. The number of ether oxygens (including phenoxy) is 1. The number of aromatic amines is 1. The Balaban J connectivity index is 2.57. The van der Waals surface area contributed by atoms with Crippen LogP contribution in [0.25, 0.3) is 0 Å². The van der Waals surface area contributed by atoms with Crippen molar-refractivity contribution < 1.29 is 17.9 Å². The Morgan fingerprint density at radius 2 is 1.84 bits per heavy atom. The number of hydrogen-bond acceptors (Lipinski definition) is 4. The lowest BCUT2D eigenvalue weighted by Gasteiger charge is -2.15. The van der Waals surface area contributed by atoms with E-state index < -0.39 is 16.0 Å². The molecule has 2 aromatic rings. The van der Waals surface area contributed by atoms with Gasteiger partial charge in [0, 0.05) is 11.4 Å². The zero-order valence-electron chi connectivity index (χ0n) is 15.2. The summed E-state index contributed by atoms with van der Waals surface area (Å²) in [7, 11) is -3.95. The molecule has 0 saturated carbocycles. The number of para-hydroxylation sites is 1. The van der Waals surface area contributed by atoms with Crippen molar-refractivity contribution in [3.63, 3.8) is 0 Å². The number of H-pyrrole nitrogens is 1. The van der Waals surface area contributed by atoms with Crippen LogP contribution in [0.2, 0.25) is 0 Å². The lowest BCUT2D eigenvalue weighted by atomic mass is 10.1. The zero-order chi connectivity index (χ0) is 18.8. The molecule has 6 nitrogen and oxygen atoms in total. The number of anilines is 1. The van der Waals surface area contributed by atoms with E-state index in [0.29, 0.717) is 23.5 Å². The topological polar surface area (TPSA) is 88.3 Å². The van der Waals surface area contributed by atoms with Crippen molar-refractivity contribution in [2.24, 2.45) is 0 Å². The number of hydrogen-bond donors (Lipinski definition) is 2. The summed E-state index contributed by atoms with van der Waals surface area (Å²) >= 11 is 0. The summed E-state index contributed by atoms with van der Waals surface area (Å²) < 4.78 is 33.8. The largest absolute Gasteiger partial charge is 0.462 e. The molecule has 0 aliphatic heterocycles. The summed E-state index contributed by atoms with van der Waals surface area (Å²) in [5.74, 6) is -0.648. The van der Waals surface area contributed by atoms with E-state index in [4.69, 9.17) is 4.74 Å². The van der Waals surface area contributed by atoms with E-state index >= 15 is 0 Å². The van der Waals surface area contributed by atoms with Crippen LogP contribution in [0.1, 0.15) is 46.7 Å². The van der Waals surface area contributed by atoms with Gasteiger partial charge in [-0.2, -0.15) is 0 Å². The van der Waals surface area contributed by atoms with Crippen LogP contribution >= 0.6 is 0 Å². The normalized spacial score (nSPS) is 11.4. The highest BCUT2D eigenvalue weighted by molar-refractivity contribution is 7.92. The maximum absolute atomic E-state index is 13.0. The zero-order valence-corrected chi connectivity index (χ0v) is 16.0. The molecule has 136 valence electrons. The van der Waals surface area contributed by atoms with E-state index in [1.807, 2.05) is 32.0 Å². The average molecular weight is 364 g/mol. The molecular formula is C18H24N2O4S. The van der Waals surface area contributed by atoms with Crippen LogP contribution in [0.15, 0.2) is 23.1 Å². The van der Waals surface area contributed by atoms with Gasteiger partial charge in [-0.3, -0.25) is 4.72 Å². The van der Waals surface area contributed by atoms with Gasteiger partial charge >= 0.3 is 5.97 Å². The number of sulfonamides is 1. The Morgan fingerprint density at radius 3 is 2.44 bits per heavy atom. The summed E-state index contributed by atoms with van der Waals surface area (Å²) in [5, 5.41) is 0. The first-order valence-electron chi connectivity index (χ1n) is 8.20. The third-order valence-electron chi connectivity index (χ3n) is 4.04. The summed E-state index contributed by atoms with van der Waals surface area (Å²) in [5.41, 5.74) is 3.20. The molecule has 0 aliphatic carbocycles. The van der Waals surface area contributed by atoms with Crippen LogP contribution in [-0.2, 0) is 21.2 Å². The standard InChI is InChI=1S/C18H24N2O4S/c1-6-14-10-8-9-11(3)16(14)20-25(22,23)17-13(5)19-12(4)15(17)18(21)24-7-2/h8-10,19-20H,6-7H2,1-5H3. The van der Waals surface area contributed by atoms with Crippen LogP contribution in [0.5, 0.6) is 0 Å². The number of benzene rings is 1. The molecule has 0 saturated heterocycles. The van der Waals surface area contributed by atoms with Crippen LogP contribution in [0, 0.1) is 20.8 Å². The highest BCUT2D eigenvalue weighted by atomic mass is 32.2. The maximum Gasteiger partial charge on any atom is 0.341 e. The quantitative estimate of drug-likeness (QED) is 0.768. The number of aryl methyl sites for hydroxylation is 4. The van der Waals surface area contributed by atoms with Gasteiger partial charge in [0.15, 0.2) is 0 Å². The first kappa shape index (κ1) is 19.1. The van der Waals surface area contributed by atoms with Crippen LogP contribution < -0.4 is 4.72 Å². The molecule has 0 amide bonds. The molecular weight excluding hydrogens is 340 g/mol. The minimum Gasteiger partial charge on any atom is -0.462 e. The smallest absolute Gasteiger partial charge is 0.341 e. The second-order valence-corrected chi connectivity index (χ2v) is 7.49. The third kappa shape index (κ3) is 3.71. The molecule has 1 heterocycles. The predicted octanol–water partition coefficient (Wildman–Crippen LogP) is 3.48. The van der Waals surface area contributed by atoms with E-state index in [0.717, 1.165) is 11.1 Å². The van der Waals surface area contributed by atoms with Gasteiger partial charge in [-0.25, -0.2) is 13.2 Å². The van der Waals surface area contributed by atoms with Crippen LogP contribution in [0.4, 0.5) is 5.69 Å². The Bertz CT molecular complexity index is 898. The second kappa shape index (κ2) is 7.31. The highest BCUT2D eigenvalue weighted by Gasteiger charge is 2.30. The fourth-order valence-electron chi connectivity index (χ4n) is 2.90. The van der Waals surface area contributed by atoms with E-state index in [1.54, 1.807) is 20.8 Å². The van der Waals surface area contributed by atoms with Crippen LogP contribution in [-0.4, -0.2) is 26.0 Å². The average Bonchev–Trinajstić information content (AvgIpc) is 2.84. The number of esters is 1. The van der Waals surface area contributed by atoms with E-state index in [-0.39, 0.29) is 17.1 Å². The maximum atomic E-state index is 13.0. The number of nitrogens with one attached hydrogen (secondary N) is 2. The molecule has 0 radical (unpaired) electrons. The van der Waals surface area contributed by atoms with Gasteiger partial charge in [0.1, 0.15) is 10.5 Å². The molecule has 1 aromatic carbocycles. The molecule has 7 heteroatoms. The lowest BCUT2D eigenvalue weighted by molar-refractivity contribution is 0.0521. The van der Waals surface area contributed by atoms with Crippen molar-refractivity contribution in [2.75, 3.05) is 11.3 Å². The van der Waals surface area contributed by atoms with Gasteiger partial charge in [0.25, 0.3) is 10.0 Å². The minimum atomic E-state index is -3.95. The molecule has 25 heavy (non-hydrogen) atoms. The fourth-order valence-corrected chi connectivity index (χ4v) is 4.52. The molecule has 0 atom stereocenters. The highest BCUT2D eigenvalue weighted by Crippen LogP contribution is 2.29. The Morgan fingerprint density at radius 1 is 1.16 bits per heavy atom. The number of carbonyl (C=O) groups excluding carboxylic acids is 1. The monoisotopic (exact) mass is 364 g/mol. The second-order valence-electron chi connectivity index (χ2n) is 5.87. The van der Waals surface area contributed by atoms with Crippen molar-refractivity contribution in [2.45, 2.75) is 45.9 Å². The van der Waals surface area contributed by atoms with Crippen molar-refractivity contribution in [3.05, 3.63) is 46.3 Å². The molecule has 0 fully saturated rings. The minimum absolute atomic E-state index is 0.0542. The van der Waals surface area contributed by atoms with Gasteiger partial charge in [-0.05, 0) is 45.2 Å². The van der Waals surface area contributed by atoms with E-state index in [9.17, 15) is 13.2 Å². The summed E-state index contributed by atoms with van der Waals surface area (Å²) in [6.45, 7) is 8.94. The number of rotatable bonds is 6. The molecule has 2 N–H and O–H groups in total. The van der Waals surface area contributed by atoms with Crippen LogP contribution in [0.3, 0.4) is 0 Å². The van der Waals surface area contributed by atoms with Crippen molar-refractivity contribution in [1.82, 2.24) is 4.98 Å². The van der Waals surface area contributed by atoms with Crippen molar-refractivity contribution in [3.8, 4) is 0 Å². The summed E-state index contributed by atoms with van der Waals surface area (Å²) in [6, 6.07) is 5.62. The van der Waals surface area contributed by atoms with Gasteiger partial charge in [0.05, 0.1) is 12.3 Å².